The highest BCUT2D eigenvalue weighted by molar-refractivity contribution is 6.15. The third kappa shape index (κ3) is 5.00. The summed E-state index contributed by atoms with van der Waals surface area (Å²) in [7, 11) is 0. The number of rotatable bonds is 8. The number of nitrogens with two attached hydrogens (primary N) is 1. The number of ether oxygens (including phenoxy) is 1. The maximum Gasteiger partial charge on any atom is 0.303 e. The second kappa shape index (κ2) is 8.59. The van der Waals surface area contributed by atoms with Gasteiger partial charge in [0.05, 0.1) is 5.69 Å². The Morgan fingerprint density at radius 2 is 1.90 bits per heavy atom. The van der Waals surface area contributed by atoms with Crippen LogP contribution >= 0.6 is 0 Å². The van der Waals surface area contributed by atoms with Crippen molar-refractivity contribution in [3.05, 3.63) is 24.3 Å². The van der Waals surface area contributed by atoms with Gasteiger partial charge < -0.3 is 31.5 Å². The van der Waals surface area contributed by atoms with Crippen molar-refractivity contribution in [2.45, 2.75) is 44.4 Å². The number of nitrogens with one attached hydrogen (secondary N) is 3. The molecule has 0 spiro atoms. The average molecular weight is 406 g/mol. The Morgan fingerprint density at radius 3 is 2.52 bits per heavy atom. The van der Waals surface area contributed by atoms with Crippen LogP contribution in [-0.4, -0.2) is 52.4 Å². The Kier molecular flexibility index (Phi) is 6.42. The van der Waals surface area contributed by atoms with E-state index in [0.29, 0.717) is 11.4 Å². The van der Waals surface area contributed by atoms with E-state index in [1.807, 2.05) is 0 Å². The van der Waals surface area contributed by atoms with Crippen molar-refractivity contribution in [2.75, 3.05) is 5.32 Å². The molecular weight excluding hydrogens is 384 g/mol. The number of hydrogen-bond acceptors (Lipinski definition) is 6. The number of amides is 4. The predicted molar refractivity (Wildman–Crippen MR) is 99.7 cm³/mol. The molecule has 1 aliphatic heterocycles. The number of aliphatic carboxylic acids is 1. The summed E-state index contributed by atoms with van der Waals surface area (Å²) in [6, 6.07) is 4.19. The molecule has 1 heterocycles. The molecule has 11 nitrogen and oxygen atoms in total. The summed E-state index contributed by atoms with van der Waals surface area (Å²) in [5.41, 5.74) is 3.66. The van der Waals surface area contributed by atoms with Crippen molar-refractivity contribution >= 4 is 35.3 Å². The predicted octanol–water partition coefficient (Wildman–Crippen LogP) is -0.884. The molecule has 1 unspecified atom stereocenters. The lowest BCUT2D eigenvalue weighted by Gasteiger charge is -2.34. The number of carboxylic acids is 1. The van der Waals surface area contributed by atoms with E-state index in [1.54, 1.807) is 24.3 Å². The van der Waals surface area contributed by atoms with E-state index in [9.17, 15) is 24.0 Å². The van der Waals surface area contributed by atoms with Gasteiger partial charge in [-0.15, -0.1) is 0 Å². The summed E-state index contributed by atoms with van der Waals surface area (Å²) in [5.74, 6) is -4.11. The van der Waals surface area contributed by atoms with Crippen molar-refractivity contribution in [1.29, 1.82) is 0 Å². The molecule has 0 saturated carbocycles. The van der Waals surface area contributed by atoms with Gasteiger partial charge in [-0.2, -0.15) is 0 Å². The van der Waals surface area contributed by atoms with Crippen LogP contribution in [-0.2, 0) is 24.0 Å². The number of carbonyl (C=O) groups is 5. The Balaban J connectivity index is 2.03. The first-order valence-corrected chi connectivity index (χ1v) is 8.76. The van der Waals surface area contributed by atoms with Crippen LogP contribution in [0.25, 0.3) is 0 Å². The number of fused-ring (bicyclic) bond motifs is 1. The minimum absolute atomic E-state index is 0.197. The topological polar surface area (TPSA) is 177 Å². The number of carboxylic acid groups (broad SMARTS) is 1. The fraction of sp³-hybridized carbons (Fsp3) is 0.389. The minimum atomic E-state index is -1.92. The molecule has 1 aromatic rings. The van der Waals surface area contributed by atoms with Crippen molar-refractivity contribution in [3.8, 4) is 5.75 Å². The first-order chi connectivity index (χ1) is 13.5. The lowest BCUT2D eigenvalue weighted by atomic mass is 10.0. The van der Waals surface area contributed by atoms with E-state index < -0.39 is 47.3 Å². The van der Waals surface area contributed by atoms with Gasteiger partial charge in [0.25, 0.3) is 17.4 Å². The molecule has 4 amide bonds. The fourth-order valence-corrected chi connectivity index (χ4v) is 2.57. The van der Waals surface area contributed by atoms with E-state index in [0.717, 1.165) is 0 Å². The van der Waals surface area contributed by atoms with Gasteiger partial charge in [0.1, 0.15) is 17.8 Å². The molecule has 0 fully saturated rings. The number of primary amides is 1. The van der Waals surface area contributed by atoms with Crippen LogP contribution in [0.1, 0.15) is 26.7 Å². The average Bonchev–Trinajstić information content (AvgIpc) is 2.65. The van der Waals surface area contributed by atoms with E-state index in [4.69, 9.17) is 15.6 Å². The quantitative estimate of drug-likeness (QED) is 0.348. The molecule has 1 aromatic carbocycles. The summed E-state index contributed by atoms with van der Waals surface area (Å²) in [5, 5.41) is 15.9. The van der Waals surface area contributed by atoms with E-state index in [2.05, 4.69) is 16.0 Å². The van der Waals surface area contributed by atoms with E-state index in [1.165, 1.54) is 13.8 Å². The first-order valence-electron chi connectivity index (χ1n) is 8.76. The number of hydrogen-bond donors (Lipinski definition) is 5. The number of carbonyl (C=O) groups excluding carboxylic acids is 4. The van der Waals surface area contributed by atoms with Gasteiger partial charge in [-0.3, -0.25) is 24.0 Å². The zero-order chi connectivity index (χ0) is 21.8. The second-order valence-corrected chi connectivity index (χ2v) is 6.68. The van der Waals surface area contributed by atoms with Crippen LogP contribution in [0.3, 0.4) is 0 Å². The Labute approximate surface area is 166 Å². The monoisotopic (exact) mass is 406 g/mol. The van der Waals surface area contributed by atoms with Gasteiger partial charge in [-0.05, 0) is 32.4 Å². The van der Waals surface area contributed by atoms with Gasteiger partial charge in [0.2, 0.25) is 11.8 Å². The van der Waals surface area contributed by atoms with Crippen LogP contribution in [0.2, 0.25) is 0 Å². The van der Waals surface area contributed by atoms with Gasteiger partial charge >= 0.3 is 5.97 Å². The zero-order valence-corrected chi connectivity index (χ0v) is 15.9. The molecule has 1 aliphatic rings. The van der Waals surface area contributed by atoms with Crippen molar-refractivity contribution in [3.63, 3.8) is 0 Å². The van der Waals surface area contributed by atoms with Crippen LogP contribution in [0, 0.1) is 0 Å². The molecule has 156 valence electrons. The normalized spacial score (nSPS) is 19.6. The third-order valence-electron chi connectivity index (χ3n) is 4.36. The van der Waals surface area contributed by atoms with Crippen LogP contribution in [0.15, 0.2) is 24.3 Å². The molecule has 0 aliphatic carbocycles. The maximum atomic E-state index is 12.6. The largest absolute Gasteiger partial charge is 0.481 e. The van der Waals surface area contributed by atoms with Gasteiger partial charge in [-0.1, -0.05) is 12.1 Å². The number of benzene rings is 1. The summed E-state index contributed by atoms with van der Waals surface area (Å²) in [6.07, 6.45) is -0.572. The molecule has 2 rings (SSSR count). The standard InChI is InChI=1S/C18H22N4O7/c1-9(15(26)21-11(14(19)25)7-8-13(23)24)20-16(27)18(2)17(28)22-10-5-3-4-6-12(10)29-18/h3-6,9,11H,7-8H2,1-2H3,(H2,19,25)(H,20,27)(H,21,26)(H,22,28)(H,23,24)/t9-,11-,18?/m1/s1. The highest BCUT2D eigenvalue weighted by atomic mass is 16.5. The van der Waals surface area contributed by atoms with Gasteiger partial charge in [0.15, 0.2) is 0 Å². The second-order valence-electron chi connectivity index (χ2n) is 6.68. The fourth-order valence-electron chi connectivity index (χ4n) is 2.57. The molecule has 11 heteroatoms. The molecule has 29 heavy (non-hydrogen) atoms. The van der Waals surface area contributed by atoms with Crippen molar-refractivity contribution < 1.29 is 33.8 Å². The highest BCUT2D eigenvalue weighted by Crippen LogP contribution is 2.33. The smallest absolute Gasteiger partial charge is 0.303 e. The van der Waals surface area contributed by atoms with Crippen LogP contribution < -0.4 is 26.4 Å². The van der Waals surface area contributed by atoms with E-state index in [-0.39, 0.29) is 12.8 Å². The number of anilines is 1. The lowest BCUT2D eigenvalue weighted by molar-refractivity contribution is -0.148. The molecule has 0 bridgehead atoms. The van der Waals surface area contributed by atoms with Crippen molar-refractivity contribution in [1.82, 2.24) is 10.6 Å². The molecular formula is C18H22N4O7. The SMILES string of the molecule is C[C@@H](NC(=O)C1(C)Oc2ccccc2NC1=O)C(=O)N[C@H](CCC(=O)O)C(N)=O. The minimum Gasteiger partial charge on any atom is -0.481 e. The molecule has 0 aromatic heterocycles. The maximum absolute atomic E-state index is 12.6. The lowest BCUT2D eigenvalue weighted by Crippen LogP contribution is -2.62. The van der Waals surface area contributed by atoms with Crippen molar-refractivity contribution in [2.24, 2.45) is 5.73 Å². The Hall–Kier alpha value is -3.63. The third-order valence-corrected chi connectivity index (χ3v) is 4.36. The van der Waals surface area contributed by atoms with Gasteiger partial charge in [0, 0.05) is 6.42 Å². The summed E-state index contributed by atoms with van der Waals surface area (Å²) in [4.78, 5) is 59.4. The first kappa shape index (κ1) is 21.7. The summed E-state index contributed by atoms with van der Waals surface area (Å²) in [6.45, 7) is 2.60. The molecule has 6 N–H and O–H groups in total. The highest BCUT2D eigenvalue weighted by Gasteiger charge is 2.47. The molecule has 3 atom stereocenters. The van der Waals surface area contributed by atoms with Crippen LogP contribution in [0.5, 0.6) is 5.75 Å². The summed E-state index contributed by atoms with van der Waals surface area (Å²) >= 11 is 0. The van der Waals surface area contributed by atoms with Crippen LogP contribution in [0.4, 0.5) is 5.69 Å². The Bertz CT molecular complexity index is 856. The Morgan fingerprint density at radius 1 is 1.24 bits per heavy atom. The summed E-state index contributed by atoms with van der Waals surface area (Å²) < 4.78 is 5.56. The molecule has 0 radical (unpaired) electrons. The molecule has 0 saturated heterocycles. The zero-order valence-electron chi connectivity index (χ0n) is 15.9. The van der Waals surface area contributed by atoms with Gasteiger partial charge in [-0.25, -0.2) is 0 Å². The number of para-hydroxylation sites is 2. The van der Waals surface area contributed by atoms with E-state index >= 15 is 0 Å².